The van der Waals surface area contributed by atoms with Crippen molar-refractivity contribution in [2.24, 2.45) is 0 Å². The first kappa shape index (κ1) is 35.9. The number of benzene rings is 11. The molecule has 0 N–H and O–H groups in total. The maximum Gasteiger partial charge on any atom is 0.175 e. The monoisotopic (exact) mass is 820 g/mol. The van der Waals surface area contributed by atoms with Crippen molar-refractivity contribution in [2.45, 2.75) is 0 Å². The fraction of sp³-hybridized carbons (Fsp3) is 0. The maximum absolute atomic E-state index is 16.8. The molecule has 3 nitrogen and oxygen atoms in total. The first-order chi connectivity index (χ1) is 31.1. The van der Waals surface area contributed by atoms with Crippen molar-refractivity contribution >= 4 is 77.2 Å². The summed E-state index contributed by atoms with van der Waals surface area (Å²) >= 11 is 0. The number of hydrogen-bond acceptors (Lipinski definition) is 2. The fourth-order valence-electron chi connectivity index (χ4n) is 10.3. The van der Waals surface area contributed by atoms with Gasteiger partial charge >= 0.3 is 0 Å². The minimum atomic E-state index is -3.48. The molecule has 1 aliphatic rings. The zero-order valence-corrected chi connectivity index (χ0v) is 35.0. The zero-order valence-electron chi connectivity index (χ0n) is 34.1. The third kappa shape index (κ3) is 5.34. The summed E-state index contributed by atoms with van der Waals surface area (Å²) < 4.78 is 19.0. The van der Waals surface area contributed by atoms with Crippen LogP contribution in [0.3, 0.4) is 0 Å². The smallest absolute Gasteiger partial charge is 0.175 e. The summed E-state index contributed by atoms with van der Waals surface area (Å²) in [6.07, 6.45) is 0. The van der Waals surface area contributed by atoms with E-state index >= 15 is 4.57 Å². The molecule has 0 saturated heterocycles. The van der Waals surface area contributed by atoms with E-state index in [4.69, 9.17) is 4.98 Å². The lowest BCUT2D eigenvalue weighted by atomic mass is 9.84. The summed E-state index contributed by atoms with van der Waals surface area (Å²) in [6.45, 7) is 0. The van der Waals surface area contributed by atoms with Gasteiger partial charge < -0.3 is 4.57 Å². The van der Waals surface area contributed by atoms with Gasteiger partial charge in [-0.25, -0.2) is 4.98 Å². The zero-order chi connectivity index (χ0) is 41.6. The van der Waals surface area contributed by atoms with Crippen LogP contribution >= 0.6 is 7.14 Å². The lowest BCUT2D eigenvalue weighted by Crippen LogP contribution is -2.34. The average Bonchev–Trinajstić information content (AvgIpc) is 3.75. The number of aromatic nitrogens is 2. The van der Waals surface area contributed by atoms with E-state index < -0.39 is 7.14 Å². The molecule has 0 bridgehead atoms. The summed E-state index contributed by atoms with van der Waals surface area (Å²) in [5.74, 6) is 0.833. The first-order valence-corrected chi connectivity index (χ1v) is 23.2. The molecule has 0 saturated carbocycles. The van der Waals surface area contributed by atoms with E-state index in [0.717, 1.165) is 66.1 Å². The Bertz CT molecular complexity index is 3890. The minimum absolute atomic E-state index is 0.808. The lowest BCUT2D eigenvalue weighted by molar-refractivity contribution is 0.592. The SMILES string of the molecule is O=P1(c2ccccc2)c2c(-c3ccc4c(-c5ccc6ccccc6c5)c5ccccc5c(-c5ccc6ccccc6c5)c4c3)cccc2-n2c(-c3ccccc3)nc3cccc1c32. The largest absolute Gasteiger partial charge is 0.308 e. The van der Waals surface area contributed by atoms with E-state index in [0.29, 0.717) is 0 Å². The average molecular weight is 821 g/mol. The molecule has 12 aromatic rings. The topological polar surface area (TPSA) is 34.9 Å². The highest BCUT2D eigenvalue weighted by Crippen LogP contribution is 2.53. The van der Waals surface area contributed by atoms with E-state index in [1.165, 1.54) is 54.4 Å². The second-order valence-electron chi connectivity index (χ2n) is 16.6. The van der Waals surface area contributed by atoms with Gasteiger partial charge in [-0.1, -0.05) is 188 Å². The molecule has 1 aliphatic heterocycles. The molecule has 11 aromatic carbocycles. The van der Waals surface area contributed by atoms with Gasteiger partial charge in [0.1, 0.15) is 5.82 Å². The quantitative estimate of drug-likeness (QED) is 0.128. The number of nitrogens with zero attached hydrogens (tertiary/aromatic N) is 2. The van der Waals surface area contributed by atoms with Gasteiger partial charge in [0.25, 0.3) is 0 Å². The third-order valence-electron chi connectivity index (χ3n) is 13.1. The summed E-state index contributed by atoms with van der Waals surface area (Å²) in [6, 6.07) is 79.6. The highest BCUT2D eigenvalue weighted by atomic mass is 31.2. The molecule has 0 amide bonds. The number of hydrogen-bond donors (Lipinski definition) is 0. The van der Waals surface area contributed by atoms with E-state index in [1.54, 1.807) is 0 Å². The van der Waals surface area contributed by atoms with E-state index in [2.05, 4.69) is 180 Å². The van der Waals surface area contributed by atoms with Crippen LogP contribution in [0.5, 0.6) is 0 Å². The van der Waals surface area contributed by atoms with Crippen LogP contribution in [0.4, 0.5) is 0 Å². The molecule has 1 unspecified atom stereocenters. The third-order valence-corrected chi connectivity index (χ3v) is 16.3. The summed E-state index contributed by atoms with van der Waals surface area (Å²) in [4.78, 5) is 5.25. The van der Waals surface area contributed by atoms with Crippen LogP contribution in [-0.2, 0) is 4.57 Å². The molecule has 0 fully saturated rings. The summed E-state index contributed by atoms with van der Waals surface area (Å²) in [7, 11) is -3.48. The Morgan fingerprint density at radius 3 is 1.63 bits per heavy atom. The van der Waals surface area contributed by atoms with Crippen molar-refractivity contribution in [1.82, 2.24) is 9.55 Å². The molecule has 2 heterocycles. The number of imidazole rings is 1. The van der Waals surface area contributed by atoms with Crippen LogP contribution in [0.25, 0.3) is 105 Å². The summed E-state index contributed by atoms with van der Waals surface area (Å²) in [5, 5.41) is 12.0. The van der Waals surface area contributed by atoms with Crippen LogP contribution in [0.15, 0.2) is 224 Å². The fourth-order valence-corrected chi connectivity index (χ4v) is 13.6. The second-order valence-corrected chi connectivity index (χ2v) is 19.2. The Hall–Kier alpha value is -7.84. The second kappa shape index (κ2) is 13.8. The molecule has 1 aromatic heterocycles. The normalized spacial score (nSPS) is 14.5. The van der Waals surface area contributed by atoms with Crippen molar-refractivity contribution in [3.8, 4) is 50.5 Å². The standard InChI is InChI=1S/C59H37N2OP/c62-63(46-21-5-2-6-22-46)54-28-14-26-52-57(54)61(59(60-52)40-17-3-1-4-18-40)53-27-13-25-47(58(53)63)43-33-34-50-51(37-43)56(45-32-30-39-16-8-10-20-42(39)36-45)49-24-12-11-23-48(49)55(50)44-31-29-38-15-7-9-19-41(38)35-44/h1-37H. The molecule has 4 heteroatoms. The van der Waals surface area contributed by atoms with Crippen LogP contribution in [0, 0.1) is 0 Å². The van der Waals surface area contributed by atoms with Crippen LogP contribution in [-0.4, -0.2) is 9.55 Å². The van der Waals surface area contributed by atoms with Gasteiger partial charge in [0, 0.05) is 16.2 Å². The Balaban J connectivity index is 1.15. The van der Waals surface area contributed by atoms with E-state index in [-0.39, 0.29) is 0 Å². The van der Waals surface area contributed by atoms with Crippen molar-refractivity contribution in [2.75, 3.05) is 0 Å². The van der Waals surface area contributed by atoms with Gasteiger partial charge in [-0.15, -0.1) is 0 Å². The Labute approximate surface area is 364 Å². The molecule has 0 aliphatic carbocycles. The molecule has 1 atom stereocenters. The van der Waals surface area contributed by atoms with Gasteiger partial charge in [0.15, 0.2) is 7.14 Å². The maximum atomic E-state index is 16.8. The number of para-hydroxylation sites is 1. The van der Waals surface area contributed by atoms with Crippen molar-refractivity contribution in [1.29, 1.82) is 0 Å². The van der Waals surface area contributed by atoms with Crippen molar-refractivity contribution < 1.29 is 4.57 Å². The molecule has 0 radical (unpaired) electrons. The van der Waals surface area contributed by atoms with E-state index in [9.17, 15) is 0 Å². The Morgan fingerprint density at radius 1 is 0.397 bits per heavy atom. The first-order valence-electron chi connectivity index (χ1n) is 21.5. The number of rotatable bonds is 5. The molecule has 13 rings (SSSR count). The van der Waals surface area contributed by atoms with Gasteiger partial charge in [0.05, 0.1) is 22.0 Å². The van der Waals surface area contributed by atoms with Gasteiger partial charge in [0.2, 0.25) is 0 Å². The molecule has 294 valence electrons. The Morgan fingerprint density at radius 2 is 0.952 bits per heavy atom. The van der Waals surface area contributed by atoms with Crippen molar-refractivity contribution in [3.63, 3.8) is 0 Å². The van der Waals surface area contributed by atoms with Gasteiger partial charge in [-0.05, 0) is 113 Å². The van der Waals surface area contributed by atoms with Crippen LogP contribution in [0.2, 0.25) is 0 Å². The summed E-state index contributed by atoms with van der Waals surface area (Å²) in [5.41, 5.74) is 10.3. The van der Waals surface area contributed by atoms with Gasteiger partial charge in [-0.2, -0.15) is 0 Å². The highest BCUT2D eigenvalue weighted by Gasteiger charge is 2.42. The number of fused-ring (bicyclic) bond motifs is 6. The molecular weight excluding hydrogens is 784 g/mol. The predicted molar refractivity (Wildman–Crippen MR) is 266 cm³/mol. The van der Waals surface area contributed by atoms with E-state index in [1.807, 2.05) is 48.5 Å². The van der Waals surface area contributed by atoms with Crippen LogP contribution in [0.1, 0.15) is 0 Å². The highest BCUT2D eigenvalue weighted by molar-refractivity contribution is 7.86. The minimum Gasteiger partial charge on any atom is -0.308 e. The molecular formula is C59H37N2OP. The van der Waals surface area contributed by atoms with Gasteiger partial charge in [-0.3, -0.25) is 4.57 Å². The van der Waals surface area contributed by atoms with Crippen LogP contribution < -0.4 is 15.9 Å². The molecule has 63 heavy (non-hydrogen) atoms. The van der Waals surface area contributed by atoms with Crippen molar-refractivity contribution in [3.05, 3.63) is 224 Å². The predicted octanol–water partition coefficient (Wildman–Crippen LogP) is 14.3. The lowest BCUT2D eigenvalue weighted by Gasteiger charge is -2.31. The Kier molecular flexibility index (Phi) is 7.88. The molecule has 0 spiro atoms.